The van der Waals surface area contributed by atoms with Crippen molar-refractivity contribution < 1.29 is 9.90 Å². The SMILES string of the molecule is O=C(O)C(Cc1cccnc1)c1c(Cl)cccc1Cl. The lowest BCUT2D eigenvalue weighted by atomic mass is 9.92. The van der Waals surface area contributed by atoms with Crippen LogP contribution in [0.5, 0.6) is 0 Å². The molecule has 0 aliphatic rings. The zero-order valence-electron chi connectivity index (χ0n) is 9.88. The number of carbonyl (C=O) groups is 1. The van der Waals surface area contributed by atoms with Crippen molar-refractivity contribution in [3.05, 3.63) is 63.9 Å². The van der Waals surface area contributed by atoms with E-state index in [-0.39, 0.29) is 0 Å². The Labute approximate surface area is 120 Å². The second kappa shape index (κ2) is 6.04. The summed E-state index contributed by atoms with van der Waals surface area (Å²) in [7, 11) is 0. The van der Waals surface area contributed by atoms with Crippen molar-refractivity contribution in [2.75, 3.05) is 0 Å². The van der Waals surface area contributed by atoms with Gasteiger partial charge in [0.05, 0.1) is 5.92 Å². The Morgan fingerprint density at radius 2 is 1.89 bits per heavy atom. The highest BCUT2D eigenvalue weighted by molar-refractivity contribution is 6.36. The number of rotatable bonds is 4. The van der Waals surface area contributed by atoms with Crippen LogP contribution in [0, 0.1) is 0 Å². The Bertz CT molecular complexity index is 567. The van der Waals surface area contributed by atoms with E-state index in [1.807, 2.05) is 6.07 Å². The lowest BCUT2D eigenvalue weighted by molar-refractivity contribution is -0.138. The largest absolute Gasteiger partial charge is 0.481 e. The van der Waals surface area contributed by atoms with E-state index in [4.69, 9.17) is 23.2 Å². The lowest BCUT2D eigenvalue weighted by Gasteiger charge is -2.15. The number of nitrogens with zero attached hydrogens (tertiary/aromatic N) is 1. The molecule has 5 heteroatoms. The predicted octanol–water partition coefficient (Wildman–Crippen LogP) is 3.80. The number of aromatic nitrogens is 1. The fourth-order valence-corrected chi connectivity index (χ4v) is 2.57. The molecule has 1 aromatic carbocycles. The van der Waals surface area contributed by atoms with Crippen LogP contribution in [0.25, 0.3) is 0 Å². The summed E-state index contributed by atoms with van der Waals surface area (Å²) in [5.41, 5.74) is 1.27. The molecule has 1 aromatic heterocycles. The van der Waals surface area contributed by atoms with E-state index in [0.717, 1.165) is 5.56 Å². The first-order chi connectivity index (χ1) is 9.09. The molecule has 0 aliphatic carbocycles. The first-order valence-electron chi connectivity index (χ1n) is 5.65. The molecule has 0 radical (unpaired) electrons. The van der Waals surface area contributed by atoms with Crippen LogP contribution in [0.2, 0.25) is 10.0 Å². The standard InChI is InChI=1S/C14H11Cl2NO2/c15-11-4-1-5-12(16)13(11)10(14(18)19)7-9-3-2-6-17-8-9/h1-6,8,10H,7H2,(H,18,19). The third kappa shape index (κ3) is 3.25. The van der Waals surface area contributed by atoms with Crippen molar-refractivity contribution >= 4 is 29.2 Å². The molecular formula is C14H11Cl2NO2. The molecule has 0 saturated carbocycles. The van der Waals surface area contributed by atoms with Gasteiger partial charge >= 0.3 is 5.97 Å². The summed E-state index contributed by atoms with van der Waals surface area (Å²) in [6.07, 6.45) is 3.58. The highest BCUT2D eigenvalue weighted by atomic mass is 35.5. The van der Waals surface area contributed by atoms with E-state index in [1.165, 1.54) is 0 Å². The molecule has 0 bridgehead atoms. The first kappa shape index (κ1) is 13.8. The van der Waals surface area contributed by atoms with Crippen molar-refractivity contribution in [3.63, 3.8) is 0 Å². The number of hydrogen-bond donors (Lipinski definition) is 1. The maximum Gasteiger partial charge on any atom is 0.311 e. The maximum absolute atomic E-state index is 11.5. The molecule has 0 spiro atoms. The van der Waals surface area contributed by atoms with E-state index in [0.29, 0.717) is 22.0 Å². The smallest absolute Gasteiger partial charge is 0.311 e. The molecule has 1 unspecified atom stereocenters. The molecule has 0 saturated heterocycles. The van der Waals surface area contributed by atoms with Gasteiger partial charge in [0.25, 0.3) is 0 Å². The number of carboxylic acids is 1. The summed E-state index contributed by atoms with van der Waals surface area (Å²) >= 11 is 12.1. The number of halogens is 2. The van der Waals surface area contributed by atoms with Crippen LogP contribution in [0.15, 0.2) is 42.7 Å². The minimum atomic E-state index is -0.959. The summed E-state index contributed by atoms with van der Waals surface area (Å²) in [6.45, 7) is 0. The highest BCUT2D eigenvalue weighted by Crippen LogP contribution is 2.33. The van der Waals surface area contributed by atoms with Crippen molar-refractivity contribution in [3.8, 4) is 0 Å². The van der Waals surface area contributed by atoms with Crippen LogP contribution < -0.4 is 0 Å². The van der Waals surface area contributed by atoms with Gasteiger partial charge in [0.15, 0.2) is 0 Å². The highest BCUT2D eigenvalue weighted by Gasteiger charge is 2.25. The Morgan fingerprint density at radius 1 is 1.21 bits per heavy atom. The lowest BCUT2D eigenvalue weighted by Crippen LogP contribution is -2.15. The van der Waals surface area contributed by atoms with Gasteiger partial charge < -0.3 is 5.11 Å². The summed E-state index contributed by atoms with van der Waals surface area (Å²) < 4.78 is 0. The van der Waals surface area contributed by atoms with Crippen LogP contribution in [0.3, 0.4) is 0 Å². The first-order valence-corrected chi connectivity index (χ1v) is 6.41. The molecule has 19 heavy (non-hydrogen) atoms. The summed E-state index contributed by atoms with van der Waals surface area (Å²) in [4.78, 5) is 15.4. The molecular weight excluding hydrogens is 285 g/mol. The summed E-state index contributed by atoms with van der Waals surface area (Å²) in [5.74, 6) is -1.75. The van der Waals surface area contributed by atoms with E-state index in [2.05, 4.69) is 4.98 Å². The predicted molar refractivity (Wildman–Crippen MR) is 74.8 cm³/mol. The van der Waals surface area contributed by atoms with E-state index < -0.39 is 11.9 Å². The van der Waals surface area contributed by atoms with Gasteiger partial charge in [-0.15, -0.1) is 0 Å². The van der Waals surface area contributed by atoms with Gasteiger partial charge in [-0.2, -0.15) is 0 Å². The van der Waals surface area contributed by atoms with Gasteiger partial charge in [-0.3, -0.25) is 9.78 Å². The number of hydrogen-bond acceptors (Lipinski definition) is 2. The minimum absolute atomic E-state index is 0.298. The zero-order chi connectivity index (χ0) is 13.8. The number of benzene rings is 1. The normalized spacial score (nSPS) is 12.1. The van der Waals surface area contributed by atoms with Crippen molar-refractivity contribution in [2.45, 2.75) is 12.3 Å². The molecule has 2 aromatic rings. The average molecular weight is 296 g/mol. The van der Waals surface area contributed by atoms with Gasteiger partial charge in [-0.05, 0) is 30.2 Å². The third-order valence-corrected chi connectivity index (χ3v) is 3.47. The Balaban J connectivity index is 2.39. The summed E-state index contributed by atoms with van der Waals surface area (Å²) in [6, 6.07) is 8.57. The average Bonchev–Trinajstić information content (AvgIpc) is 2.38. The van der Waals surface area contributed by atoms with Gasteiger partial charge in [-0.25, -0.2) is 0 Å². The molecule has 2 rings (SSSR count). The molecule has 0 fully saturated rings. The molecule has 3 nitrogen and oxygen atoms in total. The molecule has 1 atom stereocenters. The summed E-state index contributed by atoms with van der Waals surface area (Å²) in [5, 5.41) is 10.1. The third-order valence-electron chi connectivity index (χ3n) is 2.81. The number of carboxylic acid groups (broad SMARTS) is 1. The quantitative estimate of drug-likeness (QED) is 0.933. The van der Waals surface area contributed by atoms with Crippen LogP contribution in [0.4, 0.5) is 0 Å². The van der Waals surface area contributed by atoms with Crippen molar-refractivity contribution in [1.82, 2.24) is 4.98 Å². The molecule has 0 aliphatic heterocycles. The fourth-order valence-electron chi connectivity index (χ4n) is 1.91. The Hall–Kier alpha value is -1.58. The topological polar surface area (TPSA) is 50.2 Å². The maximum atomic E-state index is 11.5. The van der Waals surface area contributed by atoms with Crippen molar-refractivity contribution in [1.29, 1.82) is 0 Å². The fraction of sp³-hybridized carbons (Fsp3) is 0.143. The number of aliphatic carboxylic acids is 1. The molecule has 0 amide bonds. The minimum Gasteiger partial charge on any atom is -0.481 e. The van der Waals surface area contributed by atoms with Gasteiger partial charge in [0.1, 0.15) is 0 Å². The molecule has 98 valence electrons. The van der Waals surface area contributed by atoms with Gasteiger partial charge in [-0.1, -0.05) is 35.3 Å². The van der Waals surface area contributed by atoms with E-state index in [1.54, 1.807) is 36.7 Å². The van der Waals surface area contributed by atoms with Gasteiger partial charge in [0.2, 0.25) is 0 Å². The van der Waals surface area contributed by atoms with Crippen LogP contribution in [-0.4, -0.2) is 16.1 Å². The van der Waals surface area contributed by atoms with Crippen LogP contribution in [0.1, 0.15) is 17.0 Å². The van der Waals surface area contributed by atoms with E-state index in [9.17, 15) is 9.90 Å². The molecule has 1 heterocycles. The second-order valence-corrected chi connectivity index (χ2v) is 4.91. The second-order valence-electron chi connectivity index (χ2n) is 4.09. The van der Waals surface area contributed by atoms with Crippen LogP contribution >= 0.6 is 23.2 Å². The zero-order valence-corrected chi connectivity index (χ0v) is 11.4. The Morgan fingerprint density at radius 3 is 2.42 bits per heavy atom. The Kier molecular flexibility index (Phi) is 4.40. The van der Waals surface area contributed by atoms with E-state index >= 15 is 0 Å². The molecule has 1 N–H and O–H groups in total. The van der Waals surface area contributed by atoms with Crippen LogP contribution in [-0.2, 0) is 11.2 Å². The number of pyridine rings is 1. The monoisotopic (exact) mass is 295 g/mol. The van der Waals surface area contributed by atoms with Gasteiger partial charge in [0, 0.05) is 28.0 Å². The van der Waals surface area contributed by atoms with Crippen molar-refractivity contribution in [2.24, 2.45) is 0 Å².